The minimum atomic E-state index is -0.230. The summed E-state index contributed by atoms with van der Waals surface area (Å²) in [5.41, 5.74) is -0.230. The van der Waals surface area contributed by atoms with Crippen molar-refractivity contribution >= 4 is 11.8 Å². The van der Waals surface area contributed by atoms with Crippen LogP contribution >= 0.6 is 0 Å². The molecule has 1 aliphatic heterocycles. The number of rotatable bonds is 3. The van der Waals surface area contributed by atoms with E-state index in [4.69, 9.17) is 0 Å². The Labute approximate surface area is 113 Å². The van der Waals surface area contributed by atoms with Crippen LogP contribution in [0.5, 0.6) is 0 Å². The summed E-state index contributed by atoms with van der Waals surface area (Å²) in [7, 11) is 0. The van der Waals surface area contributed by atoms with E-state index in [1.54, 1.807) is 0 Å². The van der Waals surface area contributed by atoms with Gasteiger partial charge in [0.05, 0.1) is 18.4 Å². The molecule has 3 aliphatic rings. The minimum absolute atomic E-state index is 0.0147. The number of carbonyl (C=O) groups excluding carboxylic acids is 2. The molecule has 0 aromatic heterocycles. The molecule has 4 heteroatoms. The number of allylic oxidation sites excluding steroid dienone is 2. The average Bonchev–Trinajstić information content (AvgIpc) is 3.00. The van der Waals surface area contributed by atoms with Gasteiger partial charge in [0.2, 0.25) is 11.8 Å². The topological polar surface area (TPSA) is 57.6 Å². The van der Waals surface area contributed by atoms with Crippen molar-refractivity contribution in [3.8, 4) is 0 Å². The van der Waals surface area contributed by atoms with E-state index in [1.165, 1.54) is 4.90 Å². The average molecular weight is 263 g/mol. The van der Waals surface area contributed by atoms with Gasteiger partial charge in [-0.05, 0) is 25.7 Å². The van der Waals surface area contributed by atoms with Crippen LogP contribution in [0.25, 0.3) is 0 Å². The second-order valence-corrected chi connectivity index (χ2v) is 6.28. The molecule has 104 valence electrons. The molecule has 0 aromatic rings. The zero-order valence-electron chi connectivity index (χ0n) is 11.2. The number of aliphatic hydroxyl groups excluding tert-OH is 1. The largest absolute Gasteiger partial charge is 0.396 e. The number of carbonyl (C=O) groups is 2. The van der Waals surface area contributed by atoms with Gasteiger partial charge in [-0.2, -0.15) is 0 Å². The Morgan fingerprint density at radius 2 is 1.63 bits per heavy atom. The summed E-state index contributed by atoms with van der Waals surface area (Å²) in [5.74, 6) is -0.317. The molecule has 0 spiro atoms. The van der Waals surface area contributed by atoms with Gasteiger partial charge in [0.25, 0.3) is 0 Å². The first-order valence-corrected chi connectivity index (χ1v) is 7.28. The lowest BCUT2D eigenvalue weighted by Crippen LogP contribution is -2.42. The highest BCUT2D eigenvalue weighted by Gasteiger charge is 2.49. The van der Waals surface area contributed by atoms with Crippen molar-refractivity contribution in [3.05, 3.63) is 12.2 Å². The van der Waals surface area contributed by atoms with E-state index in [2.05, 4.69) is 0 Å². The third-order valence-electron chi connectivity index (χ3n) is 5.09. The van der Waals surface area contributed by atoms with Crippen molar-refractivity contribution in [2.75, 3.05) is 13.2 Å². The summed E-state index contributed by atoms with van der Waals surface area (Å²) in [4.78, 5) is 26.2. The number of fused-ring (bicyclic) bond motifs is 1. The van der Waals surface area contributed by atoms with Gasteiger partial charge in [0, 0.05) is 12.0 Å². The number of likely N-dealkylation sites (tertiary alicyclic amines) is 1. The van der Waals surface area contributed by atoms with Gasteiger partial charge in [0.1, 0.15) is 0 Å². The highest BCUT2D eigenvalue weighted by molar-refractivity contribution is 6.05. The van der Waals surface area contributed by atoms with Crippen LogP contribution < -0.4 is 0 Å². The Bertz CT molecular complexity index is 397. The van der Waals surface area contributed by atoms with E-state index in [0.29, 0.717) is 19.4 Å². The summed E-state index contributed by atoms with van der Waals surface area (Å²) in [6.45, 7) is 0.506. The summed E-state index contributed by atoms with van der Waals surface area (Å²) in [5, 5.41) is 9.65. The molecule has 1 saturated heterocycles. The van der Waals surface area contributed by atoms with Crippen molar-refractivity contribution in [1.29, 1.82) is 0 Å². The molecule has 0 bridgehead atoms. The number of imide groups is 1. The van der Waals surface area contributed by atoms with E-state index in [-0.39, 0.29) is 35.7 Å². The molecule has 2 amide bonds. The van der Waals surface area contributed by atoms with Crippen LogP contribution in [-0.4, -0.2) is 35.0 Å². The standard InChI is InChI=1S/C15H21NO3/c17-10-15(7-3-4-8-15)9-16-13(18)11-5-1-2-6-12(11)14(16)19/h1-2,11-12,17H,3-10H2. The first-order chi connectivity index (χ1) is 9.17. The van der Waals surface area contributed by atoms with E-state index < -0.39 is 0 Å². The SMILES string of the molecule is O=C1C2CC=CCC2C(=O)N1CC1(CO)CCCC1. The Kier molecular flexibility index (Phi) is 3.21. The molecule has 4 nitrogen and oxygen atoms in total. The quantitative estimate of drug-likeness (QED) is 0.620. The van der Waals surface area contributed by atoms with Crippen LogP contribution in [0.4, 0.5) is 0 Å². The van der Waals surface area contributed by atoms with Gasteiger partial charge in [-0.3, -0.25) is 14.5 Å². The van der Waals surface area contributed by atoms with Gasteiger partial charge >= 0.3 is 0 Å². The monoisotopic (exact) mass is 263 g/mol. The third-order valence-corrected chi connectivity index (χ3v) is 5.09. The maximum atomic E-state index is 12.4. The van der Waals surface area contributed by atoms with Crippen LogP contribution in [-0.2, 0) is 9.59 Å². The minimum Gasteiger partial charge on any atom is -0.396 e. The Morgan fingerprint density at radius 1 is 1.11 bits per heavy atom. The summed E-state index contributed by atoms with van der Waals surface area (Å²) >= 11 is 0. The molecule has 0 aromatic carbocycles. The molecule has 0 radical (unpaired) electrons. The molecular weight excluding hydrogens is 242 g/mol. The number of hydrogen-bond donors (Lipinski definition) is 1. The molecule has 1 saturated carbocycles. The fraction of sp³-hybridized carbons (Fsp3) is 0.733. The Hall–Kier alpha value is -1.16. The van der Waals surface area contributed by atoms with Crippen LogP contribution in [0.2, 0.25) is 0 Å². The molecule has 2 fully saturated rings. The predicted octanol–water partition coefficient (Wildman–Crippen LogP) is 1.49. The first-order valence-electron chi connectivity index (χ1n) is 7.28. The van der Waals surface area contributed by atoms with Crippen LogP contribution in [0, 0.1) is 17.3 Å². The van der Waals surface area contributed by atoms with Crippen LogP contribution in [0.3, 0.4) is 0 Å². The Morgan fingerprint density at radius 3 is 2.11 bits per heavy atom. The maximum Gasteiger partial charge on any atom is 0.233 e. The third kappa shape index (κ3) is 2.02. The van der Waals surface area contributed by atoms with Gasteiger partial charge in [-0.15, -0.1) is 0 Å². The Balaban J connectivity index is 1.78. The molecular formula is C15H21NO3. The van der Waals surface area contributed by atoms with Gasteiger partial charge < -0.3 is 5.11 Å². The van der Waals surface area contributed by atoms with Gasteiger partial charge in [-0.1, -0.05) is 25.0 Å². The van der Waals surface area contributed by atoms with Crippen molar-refractivity contribution in [3.63, 3.8) is 0 Å². The van der Waals surface area contributed by atoms with Crippen molar-refractivity contribution < 1.29 is 14.7 Å². The number of aliphatic hydroxyl groups is 1. The lowest BCUT2D eigenvalue weighted by molar-refractivity contribution is -0.142. The van der Waals surface area contributed by atoms with Crippen LogP contribution in [0.15, 0.2) is 12.2 Å². The second kappa shape index (κ2) is 4.75. The first kappa shape index (κ1) is 12.9. The molecule has 1 heterocycles. The molecule has 2 aliphatic carbocycles. The van der Waals surface area contributed by atoms with Gasteiger partial charge in [-0.25, -0.2) is 0 Å². The number of amides is 2. The second-order valence-electron chi connectivity index (χ2n) is 6.28. The smallest absolute Gasteiger partial charge is 0.233 e. The summed E-state index contributed by atoms with van der Waals surface area (Å²) in [6, 6.07) is 0. The van der Waals surface area contributed by atoms with Crippen molar-refractivity contribution in [2.24, 2.45) is 17.3 Å². The highest BCUT2D eigenvalue weighted by Crippen LogP contribution is 2.42. The number of nitrogens with zero attached hydrogens (tertiary/aromatic N) is 1. The normalized spacial score (nSPS) is 33.0. The predicted molar refractivity (Wildman–Crippen MR) is 70.1 cm³/mol. The highest BCUT2D eigenvalue weighted by atomic mass is 16.3. The fourth-order valence-electron chi connectivity index (χ4n) is 3.85. The number of hydrogen-bond acceptors (Lipinski definition) is 3. The van der Waals surface area contributed by atoms with Crippen LogP contribution in [0.1, 0.15) is 38.5 Å². The lowest BCUT2D eigenvalue weighted by atomic mass is 9.85. The van der Waals surface area contributed by atoms with E-state index in [1.807, 2.05) is 12.2 Å². The van der Waals surface area contributed by atoms with Gasteiger partial charge in [0.15, 0.2) is 0 Å². The lowest BCUT2D eigenvalue weighted by Gasteiger charge is -2.30. The molecule has 3 rings (SSSR count). The zero-order chi connectivity index (χ0) is 13.5. The van der Waals surface area contributed by atoms with E-state index >= 15 is 0 Å². The van der Waals surface area contributed by atoms with Crippen molar-refractivity contribution in [1.82, 2.24) is 4.90 Å². The summed E-state index contributed by atoms with van der Waals surface area (Å²) in [6.07, 6.45) is 9.43. The van der Waals surface area contributed by atoms with E-state index in [9.17, 15) is 14.7 Å². The molecule has 2 atom stereocenters. The molecule has 2 unspecified atom stereocenters. The zero-order valence-corrected chi connectivity index (χ0v) is 11.2. The molecule has 1 N–H and O–H groups in total. The molecule has 19 heavy (non-hydrogen) atoms. The fourth-order valence-corrected chi connectivity index (χ4v) is 3.85. The van der Waals surface area contributed by atoms with Crippen molar-refractivity contribution in [2.45, 2.75) is 38.5 Å². The maximum absolute atomic E-state index is 12.4. The summed E-state index contributed by atoms with van der Waals surface area (Å²) < 4.78 is 0. The van der Waals surface area contributed by atoms with E-state index in [0.717, 1.165) is 25.7 Å².